The molecule has 1 saturated heterocycles. The minimum Gasteiger partial charge on any atom is -0.492 e. The van der Waals surface area contributed by atoms with Crippen LogP contribution in [-0.4, -0.2) is 88.3 Å². The van der Waals surface area contributed by atoms with Gasteiger partial charge in [-0.15, -0.1) is 0 Å². The molecule has 8 atom stereocenters. The molecule has 5 aliphatic carbocycles. The predicted molar refractivity (Wildman–Crippen MR) is 220 cm³/mol. The van der Waals surface area contributed by atoms with Crippen LogP contribution < -0.4 is 20.9 Å². The molecule has 0 amide bonds. The normalized spacial score (nSPS) is 32.3. The van der Waals surface area contributed by atoms with Gasteiger partial charge in [-0.05, 0) is 88.8 Å². The van der Waals surface area contributed by atoms with Gasteiger partial charge in [-0.1, -0.05) is 25.5 Å². The van der Waals surface area contributed by atoms with Crippen LogP contribution in [0.3, 0.4) is 0 Å². The number of hydrogen-bond donors (Lipinski definition) is 2. The summed E-state index contributed by atoms with van der Waals surface area (Å²) in [6.45, 7) is 8.93. The number of benzene rings is 1. The van der Waals surface area contributed by atoms with E-state index < -0.39 is 51.4 Å². The van der Waals surface area contributed by atoms with E-state index in [1.54, 1.807) is 23.6 Å². The molecule has 2 N–H and O–H groups in total. The number of piperazine rings is 1. The molecular weight excluding hydrogens is 790 g/mol. The van der Waals surface area contributed by atoms with Crippen molar-refractivity contribution in [2.75, 3.05) is 38.3 Å². The van der Waals surface area contributed by atoms with Gasteiger partial charge in [0, 0.05) is 61.1 Å². The number of methoxy groups -OCH3 is 1. The maximum absolute atomic E-state index is 16.3. The van der Waals surface area contributed by atoms with Gasteiger partial charge in [-0.3, -0.25) is 19.3 Å². The van der Waals surface area contributed by atoms with E-state index >= 15 is 4.39 Å². The number of aromatic nitrogens is 1. The number of aliphatic hydroxyl groups is 2. The van der Waals surface area contributed by atoms with Gasteiger partial charge < -0.3 is 38.0 Å². The highest BCUT2D eigenvalue weighted by atomic mass is 19.1. The lowest BCUT2D eigenvalue weighted by molar-refractivity contribution is -0.177. The van der Waals surface area contributed by atoms with Crippen LogP contribution in [-0.2, 0) is 20.9 Å². The zero-order valence-electron chi connectivity index (χ0n) is 35.3. The second kappa shape index (κ2) is 14.9. The first kappa shape index (κ1) is 41.5. The molecule has 3 heterocycles. The number of esters is 1. The summed E-state index contributed by atoms with van der Waals surface area (Å²) in [7, 11) is 1.43. The van der Waals surface area contributed by atoms with E-state index in [-0.39, 0.29) is 83.9 Å². The fraction of sp³-hybridized carbons (Fsp3) is 0.587. The van der Waals surface area contributed by atoms with Crippen molar-refractivity contribution >= 4 is 34.1 Å². The molecule has 1 aromatic carbocycles. The number of ketones is 2. The number of fused-ring (bicyclic) bond motifs is 6. The van der Waals surface area contributed by atoms with Gasteiger partial charge in [0.2, 0.25) is 5.43 Å². The first-order valence-electron chi connectivity index (χ1n) is 21.6. The third kappa shape index (κ3) is 6.55. The van der Waals surface area contributed by atoms with Crippen molar-refractivity contribution < 1.29 is 47.3 Å². The summed E-state index contributed by atoms with van der Waals surface area (Å²) < 4.78 is 39.8. The molecule has 61 heavy (non-hydrogen) atoms. The molecule has 1 aliphatic heterocycles. The molecule has 0 bridgehead atoms. The first-order valence-corrected chi connectivity index (χ1v) is 21.6. The highest BCUT2D eigenvalue weighted by Crippen LogP contribution is 2.67. The van der Waals surface area contributed by atoms with E-state index in [0.29, 0.717) is 56.1 Å². The Hall–Kier alpha value is -4.86. The predicted octanol–water partition coefficient (Wildman–Crippen LogP) is 5.18. The fourth-order valence-electron chi connectivity index (χ4n) is 12.2. The SMILES string of the molecule is COc1c(N2CCN(Cc3oc(=O)oc3C)C(C)C2)c(F)cc2c(=O)c(C(=O)OCCC(=O)[C@]3(O)CC[C@@H]4[C@H]5CCC6=CC(=O)C=C[C@@]6(C)C5[C@H](O)C[C@]43C)cn(C3CC3)c12. The molecule has 2 unspecified atom stereocenters. The number of nitrogens with zero attached hydrogens (tertiary/aromatic N) is 3. The molecule has 0 spiro atoms. The number of aliphatic hydroxyl groups excluding tert-OH is 1. The number of aryl methyl sites for hydroxylation is 1. The van der Waals surface area contributed by atoms with Crippen LogP contribution >= 0.6 is 0 Å². The smallest absolute Gasteiger partial charge is 0.492 e. The van der Waals surface area contributed by atoms with Crippen LogP contribution in [0.4, 0.5) is 10.1 Å². The summed E-state index contributed by atoms with van der Waals surface area (Å²) in [6, 6.07) is 1.00. The topological polar surface area (TPSA) is 182 Å². The molecule has 14 nitrogen and oxygen atoms in total. The van der Waals surface area contributed by atoms with Crippen molar-refractivity contribution in [2.24, 2.45) is 28.6 Å². The van der Waals surface area contributed by atoms with Crippen LogP contribution in [0.5, 0.6) is 5.75 Å². The molecule has 6 aliphatic rings. The molecule has 9 rings (SSSR count). The van der Waals surface area contributed by atoms with Gasteiger partial charge >= 0.3 is 11.8 Å². The number of carbonyl (C=O) groups is 3. The average molecular weight is 844 g/mol. The van der Waals surface area contributed by atoms with Crippen molar-refractivity contribution in [3.8, 4) is 5.75 Å². The second-order valence-electron chi connectivity index (χ2n) is 18.8. The Morgan fingerprint density at radius 3 is 2.54 bits per heavy atom. The van der Waals surface area contributed by atoms with Crippen molar-refractivity contribution in [1.82, 2.24) is 9.47 Å². The van der Waals surface area contributed by atoms with Crippen molar-refractivity contribution in [2.45, 2.75) is 109 Å². The Morgan fingerprint density at radius 2 is 1.85 bits per heavy atom. The lowest BCUT2D eigenvalue weighted by Gasteiger charge is -2.59. The van der Waals surface area contributed by atoms with E-state index in [2.05, 4.69) is 11.8 Å². The van der Waals surface area contributed by atoms with E-state index in [1.807, 2.05) is 24.8 Å². The Labute approximate surface area is 352 Å². The second-order valence-corrected chi connectivity index (χ2v) is 18.8. The zero-order valence-corrected chi connectivity index (χ0v) is 35.3. The van der Waals surface area contributed by atoms with E-state index in [4.69, 9.17) is 18.3 Å². The van der Waals surface area contributed by atoms with Crippen molar-refractivity contribution in [1.29, 1.82) is 0 Å². The number of pyridine rings is 1. The third-order valence-corrected chi connectivity index (χ3v) is 15.5. The lowest BCUT2D eigenvalue weighted by atomic mass is 9.46. The monoisotopic (exact) mass is 843 g/mol. The maximum atomic E-state index is 16.3. The van der Waals surface area contributed by atoms with Gasteiger partial charge in [0.15, 0.2) is 28.9 Å². The molecule has 15 heteroatoms. The number of Topliss-reactive ketones (excluding diaryl/α,β-unsaturated/α-hetero) is 1. The first-order chi connectivity index (χ1) is 29.0. The highest BCUT2D eigenvalue weighted by Gasteiger charge is 2.68. The van der Waals surface area contributed by atoms with Crippen LogP contribution in [0.25, 0.3) is 10.9 Å². The fourth-order valence-corrected chi connectivity index (χ4v) is 12.2. The molecule has 5 fully saturated rings. The number of anilines is 1. The Balaban J connectivity index is 0.914. The Morgan fingerprint density at radius 1 is 1.08 bits per heavy atom. The highest BCUT2D eigenvalue weighted by molar-refractivity contribution is 6.01. The van der Waals surface area contributed by atoms with Crippen molar-refractivity contribution in [3.05, 3.63) is 79.8 Å². The van der Waals surface area contributed by atoms with E-state index in [1.165, 1.54) is 13.3 Å². The van der Waals surface area contributed by atoms with Gasteiger partial charge in [0.05, 0.1) is 37.3 Å². The van der Waals surface area contributed by atoms with Crippen molar-refractivity contribution in [3.63, 3.8) is 0 Å². The third-order valence-electron chi connectivity index (χ3n) is 15.5. The molecule has 4 saturated carbocycles. The molecule has 0 radical (unpaired) electrons. The number of halogens is 1. The average Bonchev–Trinajstić information content (AvgIpc) is 3.95. The lowest BCUT2D eigenvalue weighted by Crippen LogP contribution is -2.61. The molecule has 3 aromatic rings. The van der Waals surface area contributed by atoms with Crippen LogP contribution in [0, 0.1) is 41.3 Å². The Kier molecular flexibility index (Phi) is 10.1. The number of allylic oxidation sites excluding steroid dienone is 4. The number of hydrogen-bond acceptors (Lipinski definition) is 13. The maximum Gasteiger partial charge on any atom is 0.519 e. The van der Waals surface area contributed by atoms with Crippen LogP contribution in [0.15, 0.2) is 54.5 Å². The summed E-state index contributed by atoms with van der Waals surface area (Å²) in [5, 5.41) is 23.9. The quantitative estimate of drug-likeness (QED) is 0.255. The van der Waals surface area contributed by atoms with Crippen LogP contribution in [0.2, 0.25) is 0 Å². The van der Waals surface area contributed by atoms with Gasteiger partial charge in [0.25, 0.3) is 0 Å². The van der Waals surface area contributed by atoms with Gasteiger partial charge in [-0.2, -0.15) is 0 Å². The van der Waals surface area contributed by atoms with E-state index in [0.717, 1.165) is 30.9 Å². The largest absolute Gasteiger partial charge is 0.519 e. The number of ether oxygens (including phenoxy) is 2. The van der Waals surface area contributed by atoms with E-state index in [9.17, 15) is 34.2 Å². The summed E-state index contributed by atoms with van der Waals surface area (Å²) >= 11 is 0. The summed E-state index contributed by atoms with van der Waals surface area (Å²) in [5.41, 5.74) is -2.56. The summed E-state index contributed by atoms with van der Waals surface area (Å²) in [4.78, 5) is 69.5. The summed E-state index contributed by atoms with van der Waals surface area (Å²) in [5.74, 6) is -2.03. The molecule has 2 aromatic heterocycles. The zero-order chi connectivity index (χ0) is 43.3. The minimum atomic E-state index is -1.75. The standard InChI is InChI=1S/C46H54FN3O11/c1-24-21-49(16-15-48(24)23-35-25(2)60-43(56)61-35)39-33(47)19-30-38(41(39)58-5)50(27-7-8-27)22-31(40(30)54)42(55)59-17-12-36(53)46(57)14-11-32-29-9-6-26-18-28(51)10-13-44(26,3)37(29)34(52)20-45(32,46)4/h10,13,18-19,22,24,27,29,32,34,37,52,57H,6-9,11-12,14-17,20-21,23H2,1-5H3/t24?,29-,32-,34-,37?,44-,45-,46-/m1/s1. The van der Waals surface area contributed by atoms with Gasteiger partial charge in [0.1, 0.15) is 22.6 Å². The molecular formula is C46H54FN3O11. The number of carbonyl (C=O) groups excluding carboxylic acids is 3. The Bertz CT molecular complexity index is 2520. The summed E-state index contributed by atoms with van der Waals surface area (Å²) in [6.07, 6.45) is 9.58. The van der Waals surface area contributed by atoms with Gasteiger partial charge in [-0.25, -0.2) is 14.0 Å². The molecule has 326 valence electrons. The minimum absolute atomic E-state index is 0.0319. The number of rotatable bonds is 10. The van der Waals surface area contributed by atoms with Crippen LogP contribution in [0.1, 0.15) is 100 Å².